The number of likely N-dealkylation sites (N-methyl/N-ethyl adjacent to an activating group) is 1. The monoisotopic (exact) mass is 381 g/mol. The molecule has 2 amide bonds. The Morgan fingerprint density at radius 2 is 2.11 bits per heavy atom. The number of hydroxylamine groups is 1. The Hall–Kier alpha value is -2.00. The second-order valence-electron chi connectivity index (χ2n) is 7.56. The van der Waals surface area contributed by atoms with Crippen LogP contribution in [-0.4, -0.2) is 45.7 Å². The topological polar surface area (TPSA) is 135 Å². The van der Waals surface area contributed by atoms with Crippen LogP contribution >= 0.6 is 0 Å². The zero-order valence-corrected chi connectivity index (χ0v) is 16.0. The van der Waals surface area contributed by atoms with Crippen LogP contribution in [-0.2, 0) is 16.1 Å². The zero-order chi connectivity index (χ0) is 19.6. The van der Waals surface area contributed by atoms with Crippen LogP contribution in [0.1, 0.15) is 75.4 Å². The maximum Gasteiger partial charge on any atom is 0.244 e. The van der Waals surface area contributed by atoms with Crippen molar-refractivity contribution < 1.29 is 19.3 Å². The molecule has 9 heteroatoms. The van der Waals surface area contributed by atoms with Crippen LogP contribution in [0, 0.1) is 5.92 Å². The van der Waals surface area contributed by atoms with Gasteiger partial charge >= 0.3 is 0 Å². The molecule has 1 aromatic rings. The van der Waals surface area contributed by atoms with Crippen molar-refractivity contribution in [2.45, 2.75) is 70.3 Å². The molecule has 0 radical (unpaired) electrons. The first-order chi connectivity index (χ1) is 13.0. The summed E-state index contributed by atoms with van der Waals surface area (Å²) in [5.41, 5.74) is 6.85. The van der Waals surface area contributed by atoms with Gasteiger partial charge in [-0.15, -0.1) is 0 Å². The van der Waals surface area contributed by atoms with Crippen LogP contribution in [0.25, 0.3) is 0 Å². The third-order valence-corrected chi connectivity index (χ3v) is 5.12. The van der Waals surface area contributed by atoms with Gasteiger partial charge in [-0.2, -0.15) is 4.98 Å². The zero-order valence-electron chi connectivity index (χ0n) is 16.0. The Bertz CT molecular complexity index is 600. The number of hydrogen-bond donors (Lipinski definition) is 3. The molecular weight excluding hydrogens is 350 g/mol. The molecule has 1 atom stereocenters. The van der Waals surface area contributed by atoms with Gasteiger partial charge in [0.15, 0.2) is 5.82 Å². The van der Waals surface area contributed by atoms with E-state index < -0.39 is 11.8 Å². The van der Waals surface area contributed by atoms with Crippen molar-refractivity contribution >= 4 is 11.8 Å². The first-order valence-corrected chi connectivity index (χ1v) is 9.70. The van der Waals surface area contributed by atoms with Gasteiger partial charge in [-0.3, -0.25) is 19.7 Å². The molecule has 1 aromatic heterocycles. The fourth-order valence-corrected chi connectivity index (χ4v) is 3.77. The van der Waals surface area contributed by atoms with Gasteiger partial charge in [0.05, 0.1) is 13.1 Å². The number of nitrogens with two attached hydrogens (primary N) is 1. The van der Waals surface area contributed by atoms with Crippen LogP contribution in [0.4, 0.5) is 0 Å². The Balaban J connectivity index is 1.92. The molecule has 1 unspecified atom stereocenters. The molecular formula is C18H31N5O4. The summed E-state index contributed by atoms with van der Waals surface area (Å²) in [6.45, 7) is 0.426. The highest BCUT2D eigenvalue weighted by Crippen LogP contribution is 2.31. The second-order valence-corrected chi connectivity index (χ2v) is 7.56. The minimum Gasteiger partial charge on any atom is -0.369 e. The smallest absolute Gasteiger partial charge is 0.244 e. The van der Waals surface area contributed by atoms with E-state index in [0.29, 0.717) is 18.3 Å². The molecule has 1 aliphatic rings. The number of rotatable bonds is 11. The summed E-state index contributed by atoms with van der Waals surface area (Å²) < 4.78 is 5.35. The molecule has 9 nitrogen and oxygen atoms in total. The normalized spacial score (nSPS) is 16.4. The Labute approximate surface area is 159 Å². The summed E-state index contributed by atoms with van der Waals surface area (Å²) in [5, 5.41) is 12.8. The van der Waals surface area contributed by atoms with E-state index in [9.17, 15) is 9.59 Å². The summed E-state index contributed by atoms with van der Waals surface area (Å²) in [7, 11) is 1.74. The Morgan fingerprint density at radius 1 is 1.37 bits per heavy atom. The predicted octanol–water partition coefficient (Wildman–Crippen LogP) is 1.72. The minimum atomic E-state index is -0.469. The van der Waals surface area contributed by atoms with E-state index in [0.717, 1.165) is 25.2 Å². The maximum atomic E-state index is 11.7. The van der Waals surface area contributed by atoms with E-state index in [1.165, 1.54) is 32.1 Å². The lowest BCUT2D eigenvalue weighted by atomic mass is 9.84. The number of amides is 2. The van der Waals surface area contributed by atoms with Gasteiger partial charge in [0, 0.05) is 12.3 Å². The highest BCUT2D eigenvalue weighted by atomic mass is 16.5. The van der Waals surface area contributed by atoms with E-state index in [1.807, 2.05) is 0 Å². The maximum absolute atomic E-state index is 11.7. The molecule has 27 heavy (non-hydrogen) atoms. The van der Waals surface area contributed by atoms with Gasteiger partial charge < -0.3 is 10.3 Å². The largest absolute Gasteiger partial charge is 0.369 e. The van der Waals surface area contributed by atoms with Gasteiger partial charge in [0.25, 0.3) is 0 Å². The van der Waals surface area contributed by atoms with Crippen LogP contribution in [0.2, 0.25) is 0 Å². The van der Waals surface area contributed by atoms with Gasteiger partial charge in [0.2, 0.25) is 17.7 Å². The fourth-order valence-electron chi connectivity index (χ4n) is 3.77. The van der Waals surface area contributed by atoms with Crippen LogP contribution in [0.3, 0.4) is 0 Å². The van der Waals surface area contributed by atoms with Crippen molar-refractivity contribution in [3.63, 3.8) is 0 Å². The van der Waals surface area contributed by atoms with Gasteiger partial charge in [-0.05, 0) is 19.4 Å². The van der Waals surface area contributed by atoms with E-state index >= 15 is 0 Å². The molecule has 1 aliphatic carbocycles. The number of hydrogen-bond acceptors (Lipinski definition) is 7. The van der Waals surface area contributed by atoms with Gasteiger partial charge in [0.1, 0.15) is 0 Å². The van der Waals surface area contributed by atoms with Crippen LogP contribution < -0.4 is 11.2 Å². The van der Waals surface area contributed by atoms with Crippen molar-refractivity contribution in [1.29, 1.82) is 0 Å². The van der Waals surface area contributed by atoms with Gasteiger partial charge in [-0.1, -0.05) is 50.1 Å². The average molecular weight is 381 g/mol. The second kappa shape index (κ2) is 11.0. The summed E-state index contributed by atoms with van der Waals surface area (Å²) in [6, 6.07) is 0. The molecule has 0 spiro atoms. The van der Waals surface area contributed by atoms with E-state index in [1.54, 1.807) is 17.4 Å². The summed E-state index contributed by atoms with van der Waals surface area (Å²) in [5.74, 6) is 0.472. The Kier molecular flexibility index (Phi) is 8.66. The van der Waals surface area contributed by atoms with Crippen LogP contribution in [0.5, 0.6) is 0 Å². The lowest BCUT2D eigenvalue weighted by molar-refractivity contribution is -0.129. The quantitative estimate of drug-likeness (QED) is 0.392. The number of aromatic nitrogens is 2. The molecule has 0 bridgehead atoms. The third-order valence-electron chi connectivity index (χ3n) is 5.12. The molecule has 4 N–H and O–H groups in total. The van der Waals surface area contributed by atoms with E-state index in [2.05, 4.69) is 10.1 Å². The highest BCUT2D eigenvalue weighted by Gasteiger charge is 2.23. The molecule has 0 saturated heterocycles. The summed E-state index contributed by atoms with van der Waals surface area (Å²) in [4.78, 5) is 28.7. The molecule has 1 saturated carbocycles. The highest BCUT2D eigenvalue weighted by molar-refractivity contribution is 5.76. The van der Waals surface area contributed by atoms with Gasteiger partial charge in [-0.25, -0.2) is 5.48 Å². The van der Waals surface area contributed by atoms with Crippen molar-refractivity contribution in [2.75, 3.05) is 13.6 Å². The minimum absolute atomic E-state index is 0.0971. The lowest BCUT2D eigenvalue weighted by Crippen LogP contribution is -2.30. The fraction of sp³-hybridized carbons (Fsp3) is 0.778. The number of primary amides is 1. The number of carbonyl (C=O) groups excluding carboxylic acids is 2. The number of carbonyl (C=O) groups is 2. The first-order valence-electron chi connectivity index (χ1n) is 9.70. The Morgan fingerprint density at radius 3 is 2.78 bits per heavy atom. The summed E-state index contributed by atoms with van der Waals surface area (Å²) in [6.07, 6.45) is 9.51. The number of nitrogens with one attached hydrogen (secondary N) is 1. The lowest BCUT2D eigenvalue weighted by Gasteiger charge is -2.22. The van der Waals surface area contributed by atoms with Crippen molar-refractivity contribution in [1.82, 2.24) is 20.5 Å². The molecule has 0 aliphatic heterocycles. The first kappa shape index (κ1) is 21.3. The van der Waals surface area contributed by atoms with Crippen molar-refractivity contribution in [3.05, 3.63) is 11.7 Å². The average Bonchev–Trinajstić information content (AvgIpc) is 3.09. The standard InChI is InChI=1S/C18H31N5O4/c1-23(11-15(19)24)12-16-20-18(27-22-16)14(10-17(25)21-26)9-5-8-13-6-3-2-4-7-13/h13-14,26H,2-12H2,1H3,(H2,19,24)(H,21,25). The van der Waals surface area contributed by atoms with E-state index in [-0.39, 0.29) is 18.9 Å². The molecule has 152 valence electrons. The predicted molar refractivity (Wildman–Crippen MR) is 97.5 cm³/mol. The SMILES string of the molecule is CN(CC(N)=O)Cc1noc(C(CCCC2CCCCC2)CC(=O)NO)n1. The molecule has 1 heterocycles. The van der Waals surface area contributed by atoms with E-state index in [4.69, 9.17) is 15.5 Å². The number of nitrogens with zero attached hydrogens (tertiary/aromatic N) is 3. The molecule has 2 rings (SSSR count). The summed E-state index contributed by atoms with van der Waals surface area (Å²) >= 11 is 0. The third kappa shape index (κ3) is 7.64. The van der Waals surface area contributed by atoms with Crippen molar-refractivity contribution in [2.24, 2.45) is 11.7 Å². The molecule has 0 aromatic carbocycles. The van der Waals surface area contributed by atoms with Crippen molar-refractivity contribution in [3.8, 4) is 0 Å². The molecule has 1 fully saturated rings. The van der Waals surface area contributed by atoms with Crippen LogP contribution in [0.15, 0.2) is 4.52 Å².